The van der Waals surface area contributed by atoms with Crippen molar-refractivity contribution >= 4 is 39.6 Å². The van der Waals surface area contributed by atoms with Gasteiger partial charge in [-0.1, -0.05) is 36.4 Å². The predicted molar refractivity (Wildman–Crippen MR) is 164 cm³/mol. The van der Waals surface area contributed by atoms with Crippen LogP contribution in [0.5, 0.6) is 0 Å². The van der Waals surface area contributed by atoms with E-state index in [1.165, 1.54) is 24.1 Å². The van der Waals surface area contributed by atoms with Crippen molar-refractivity contribution in [2.24, 2.45) is 0 Å². The minimum atomic E-state index is -0.677. The average Bonchev–Trinajstić information content (AvgIpc) is 3.57. The van der Waals surface area contributed by atoms with Gasteiger partial charge in [-0.15, -0.1) is 0 Å². The number of esters is 1. The number of ketones is 1. The average molecular weight is 590 g/mol. The summed E-state index contributed by atoms with van der Waals surface area (Å²) in [5, 5.41) is 0.274. The molecule has 0 unspecified atom stereocenters. The van der Waals surface area contributed by atoms with Crippen LogP contribution in [0.15, 0.2) is 79.1 Å². The van der Waals surface area contributed by atoms with E-state index in [9.17, 15) is 18.8 Å². The topological polar surface area (TPSA) is 110 Å². The monoisotopic (exact) mass is 589 g/mol. The van der Waals surface area contributed by atoms with Gasteiger partial charge in [0.25, 0.3) is 5.91 Å². The molecule has 6 rings (SSSR count). The molecule has 9 nitrogen and oxygen atoms in total. The molecule has 1 N–H and O–H groups in total. The number of pyridine rings is 1. The molecule has 0 radical (unpaired) electrons. The Hall–Kier alpha value is -5.64. The first-order valence-corrected chi connectivity index (χ1v) is 13.8. The van der Waals surface area contributed by atoms with Gasteiger partial charge in [0.2, 0.25) is 0 Å². The number of H-pyrrole nitrogens is 1. The van der Waals surface area contributed by atoms with Crippen molar-refractivity contribution in [3.63, 3.8) is 0 Å². The number of halogens is 1. The highest BCUT2D eigenvalue weighted by molar-refractivity contribution is 6.25. The van der Waals surface area contributed by atoms with E-state index in [4.69, 9.17) is 4.74 Å². The van der Waals surface area contributed by atoms with E-state index < -0.39 is 23.5 Å². The van der Waals surface area contributed by atoms with Crippen LogP contribution in [-0.4, -0.2) is 63.3 Å². The zero-order chi connectivity index (χ0) is 31.1. The summed E-state index contributed by atoms with van der Waals surface area (Å²) in [7, 11) is 4.42. The molecule has 0 atom stereocenters. The molecule has 0 spiro atoms. The zero-order valence-corrected chi connectivity index (χ0v) is 24.5. The highest BCUT2D eigenvalue weighted by atomic mass is 19.1. The van der Waals surface area contributed by atoms with Gasteiger partial charge in [0.1, 0.15) is 22.9 Å². The van der Waals surface area contributed by atoms with E-state index in [0.717, 1.165) is 22.4 Å². The second kappa shape index (κ2) is 11.2. The number of nitrogens with zero attached hydrogens (tertiary/aromatic N) is 4. The van der Waals surface area contributed by atoms with E-state index in [-0.39, 0.29) is 22.2 Å². The molecule has 6 aromatic rings. The number of aryl methyl sites for hydroxylation is 1. The summed E-state index contributed by atoms with van der Waals surface area (Å²) in [6.07, 6.45) is 3.44. The van der Waals surface area contributed by atoms with Crippen molar-refractivity contribution in [2.45, 2.75) is 13.5 Å². The molecule has 0 aliphatic carbocycles. The van der Waals surface area contributed by atoms with E-state index in [1.54, 1.807) is 62.9 Å². The minimum Gasteiger partial charge on any atom is -0.465 e. The van der Waals surface area contributed by atoms with Gasteiger partial charge >= 0.3 is 5.97 Å². The van der Waals surface area contributed by atoms with Gasteiger partial charge in [-0.2, -0.15) is 0 Å². The van der Waals surface area contributed by atoms with E-state index in [0.29, 0.717) is 28.8 Å². The van der Waals surface area contributed by atoms with Crippen LogP contribution in [0.2, 0.25) is 0 Å². The van der Waals surface area contributed by atoms with Gasteiger partial charge in [0.15, 0.2) is 5.78 Å². The number of nitrogens with one attached hydrogen (secondary N) is 1. The van der Waals surface area contributed by atoms with Crippen LogP contribution >= 0.6 is 0 Å². The predicted octanol–water partition coefficient (Wildman–Crippen LogP) is 5.79. The van der Waals surface area contributed by atoms with Gasteiger partial charge in [0, 0.05) is 43.3 Å². The molecule has 0 fully saturated rings. The van der Waals surface area contributed by atoms with Crippen molar-refractivity contribution in [2.75, 3.05) is 21.2 Å². The SMILES string of the molecule is COC(=O)c1cc(-c2ccc(F)cc2)cc2[nH]c(C(=O)N(C)C)c(C(=O)c3ccc(Cn4c(C)nc5cnccc54)cc3)c12. The first-order chi connectivity index (χ1) is 21.2. The van der Waals surface area contributed by atoms with Crippen molar-refractivity contribution in [1.82, 2.24) is 24.4 Å². The quantitative estimate of drug-likeness (QED) is 0.186. The van der Waals surface area contributed by atoms with Gasteiger partial charge in [-0.05, 0) is 53.9 Å². The first kappa shape index (κ1) is 28.5. The number of amides is 1. The fourth-order valence-corrected chi connectivity index (χ4v) is 5.41. The van der Waals surface area contributed by atoms with E-state index in [2.05, 4.69) is 19.5 Å². The highest BCUT2D eigenvalue weighted by Crippen LogP contribution is 2.34. The molecule has 0 saturated heterocycles. The number of ether oxygens (including phenoxy) is 1. The number of aromatic nitrogens is 4. The summed E-state index contributed by atoms with van der Waals surface area (Å²) in [5.41, 5.74) is 4.91. The molecule has 10 heteroatoms. The third kappa shape index (κ3) is 5.00. The van der Waals surface area contributed by atoms with Crippen LogP contribution in [0, 0.1) is 12.7 Å². The Morgan fingerprint density at radius 1 is 0.977 bits per heavy atom. The molecule has 0 aliphatic heterocycles. The summed E-state index contributed by atoms with van der Waals surface area (Å²) in [4.78, 5) is 53.8. The van der Waals surface area contributed by atoms with Crippen molar-refractivity contribution in [1.29, 1.82) is 0 Å². The largest absolute Gasteiger partial charge is 0.465 e. The number of methoxy groups -OCH3 is 1. The number of fused-ring (bicyclic) bond motifs is 2. The number of hydrogen-bond donors (Lipinski definition) is 1. The molecular formula is C34H28FN5O4. The molecule has 0 bridgehead atoms. The number of rotatable bonds is 7. The lowest BCUT2D eigenvalue weighted by atomic mass is 9.93. The minimum absolute atomic E-state index is 0.0506. The van der Waals surface area contributed by atoms with E-state index >= 15 is 0 Å². The number of carbonyl (C=O) groups excluding carboxylic acids is 3. The standard InChI is InChI=1S/C34H28FN5O4/c1-19-37-27-17-36-14-13-28(27)40(19)18-20-5-7-22(8-6-20)32(41)30-29-25(34(43)44-4)15-23(21-9-11-24(35)12-10-21)16-26(29)38-31(30)33(42)39(2)3/h5-17,38H,18H2,1-4H3. The summed E-state index contributed by atoms with van der Waals surface area (Å²) in [6.45, 7) is 2.47. The Bertz CT molecular complexity index is 2080. The maximum Gasteiger partial charge on any atom is 0.338 e. The normalized spacial score (nSPS) is 11.2. The Kier molecular flexibility index (Phi) is 7.26. The lowest BCUT2D eigenvalue weighted by Crippen LogP contribution is -2.24. The summed E-state index contributed by atoms with van der Waals surface area (Å²) >= 11 is 0. The second-order valence-corrected chi connectivity index (χ2v) is 10.7. The van der Waals surface area contributed by atoms with Gasteiger partial charge in [-0.3, -0.25) is 14.6 Å². The fraction of sp³-hybridized carbons (Fsp3) is 0.147. The Labute approximate surface area is 251 Å². The smallest absolute Gasteiger partial charge is 0.338 e. The Morgan fingerprint density at radius 3 is 2.39 bits per heavy atom. The van der Waals surface area contributed by atoms with Gasteiger partial charge in [-0.25, -0.2) is 14.2 Å². The molecule has 3 heterocycles. The molecular weight excluding hydrogens is 561 g/mol. The maximum absolute atomic E-state index is 14.2. The molecule has 1 amide bonds. The van der Waals surface area contributed by atoms with Crippen LogP contribution in [0.4, 0.5) is 4.39 Å². The number of benzene rings is 3. The lowest BCUT2D eigenvalue weighted by molar-refractivity contribution is 0.0602. The van der Waals surface area contributed by atoms with Crippen LogP contribution in [0.3, 0.4) is 0 Å². The fourth-order valence-electron chi connectivity index (χ4n) is 5.41. The van der Waals surface area contributed by atoms with Crippen LogP contribution in [-0.2, 0) is 11.3 Å². The first-order valence-electron chi connectivity index (χ1n) is 13.8. The van der Waals surface area contributed by atoms with Crippen LogP contribution in [0.1, 0.15) is 48.2 Å². The van der Waals surface area contributed by atoms with E-state index in [1.807, 2.05) is 25.1 Å². The third-order valence-electron chi connectivity index (χ3n) is 7.63. The Balaban J connectivity index is 1.46. The molecule has 220 valence electrons. The molecule has 44 heavy (non-hydrogen) atoms. The van der Waals surface area contributed by atoms with Gasteiger partial charge in [0.05, 0.1) is 30.0 Å². The van der Waals surface area contributed by atoms with Crippen molar-refractivity contribution < 1.29 is 23.5 Å². The van der Waals surface area contributed by atoms with Crippen LogP contribution < -0.4 is 0 Å². The number of carbonyl (C=O) groups is 3. The van der Waals surface area contributed by atoms with Crippen LogP contribution in [0.25, 0.3) is 33.1 Å². The molecule has 0 aliphatic rings. The number of hydrogen-bond acceptors (Lipinski definition) is 6. The number of aromatic amines is 1. The van der Waals surface area contributed by atoms with Crippen molar-refractivity contribution in [3.8, 4) is 11.1 Å². The second-order valence-electron chi connectivity index (χ2n) is 10.7. The highest BCUT2D eigenvalue weighted by Gasteiger charge is 2.29. The van der Waals surface area contributed by atoms with Crippen molar-refractivity contribution in [3.05, 3.63) is 119 Å². The summed E-state index contributed by atoms with van der Waals surface area (Å²) in [6, 6.07) is 18.2. The molecule has 3 aromatic carbocycles. The molecule has 3 aromatic heterocycles. The van der Waals surface area contributed by atoms with Gasteiger partial charge < -0.3 is 19.2 Å². The lowest BCUT2D eigenvalue weighted by Gasteiger charge is -2.12. The zero-order valence-electron chi connectivity index (χ0n) is 24.5. The third-order valence-corrected chi connectivity index (χ3v) is 7.63. The summed E-state index contributed by atoms with van der Waals surface area (Å²) < 4.78 is 20.8. The Morgan fingerprint density at radius 2 is 1.70 bits per heavy atom. The maximum atomic E-state index is 14.2. The number of imidazole rings is 1. The summed E-state index contributed by atoms with van der Waals surface area (Å²) in [5.74, 6) is -1.09. The molecule has 0 saturated carbocycles.